The Bertz CT molecular complexity index is 848. The van der Waals surface area contributed by atoms with Crippen LogP contribution < -0.4 is 19.9 Å². The van der Waals surface area contributed by atoms with E-state index in [-0.39, 0.29) is 23.6 Å². The van der Waals surface area contributed by atoms with E-state index in [9.17, 15) is 13.2 Å². The van der Waals surface area contributed by atoms with Crippen LogP contribution in [0.3, 0.4) is 0 Å². The predicted molar refractivity (Wildman–Crippen MR) is 93.4 cm³/mol. The number of hydrogen-bond acceptors (Lipinski definition) is 5. The molecule has 0 atom stereocenters. The number of carbonyl (C=O) groups excluding carboxylic acids is 1. The van der Waals surface area contributed by atoms with Gasteiger partial charge in [0.25, 0.3) is 5.91 Å². The van der Waals surface area contributed by atoms with Gasteiger partial charge in [0.15, 0.2) is 0 Å². The van der Waals surface area contributed by atoms with Crippen molar-refractivity contribution >= 4 is 15.9 Å². The van der Waals surface area contributed by atoms with Crippen LogP contribution in [0.25, 0.3) is 0 Å². The lowest BCUT2D eigenvalue weighted by Gasteiger charge is -2.09. The number of nitrogens with two attached hydrogens (primary N) is 1. The number of nitrogens with one attached hydrogen (secondary N) is 1. The number of benzene rings is 2. The first kappa shape index (κ1) is 18.8. The molecule has 0 radical (unpaired) electrons. The van der Waals surface area contributed by atoms with Gasteiger partial charge in [0.2, 0.25) is 10.0 Å². The van der Waals surface area contributed by atoms with Crippen LogP contribution in [0.1, 0.15) is 15.9 Å². The summed E-state index contributed by atoms with van der Waals surface area (Å²) in [4.78, 5) is 12.1. The fourth-order valence-electron chi connectivity index (χ4n) is 2.15. The molecule has 0 aliphatic heterocycles. The fraction of sp³-hybridized carbons (Fsp3) is 0.235. The zero-order chi connectivity index (χ0) is 18.4. The molecule has 2 aromatic carbocycles. The van der Waals surface area contributed by atoms with E-state index in [0.717, 1.165) is 5.75 Å². The summed E-state index contributed by atoms with van der Waals surface area (Å²) >= 11 is 0. The monoisotopic (exact) mass is 364 g/mol. The first-order valence-electron chi connectivity index (χ1n) is 7.49. The largest absolute Gasteiger partial charge is 0.497 e. The van der Waals surface area contributed by atoms with E-state index in [1.807, 2.05) is 0 Å². The molecule has 2 rings (SSSR count). The molecule has 0 saturated heterocycles. The first-order chi connectivity index (χ1) is 11.8. The van der Waals surface area contributed by atoms with Gasteiger partial charge in [-0.25, -0.2) is 13.6 Å². The van der Waals surface area contributed by atoms with E-state index in [4.69, 9.17) is 14.6 Å². The minimum Gasteiger partial charge on any atom is -0.497 e. The molecule has 3 N–H and O–H groups in total. The summed E-state index contributed by atoms with van der Waals surface area (Å²) in [6.45, 7) is 2.23. The Morgan fingerprint density at radius 2 is 1.76 bits per heavy atom. The summed E-state index contributed by atoms with van der Waals surface area (Å²) in [5, 5.41) is 7.79. The van der Waals surface area contributed by atoms with Gasteiger partial charge in [0.1, 0.15) is 18.1 Å². The van der Waals surface area contributed by atoms with Gasteiger partial charge >= 0.3 is 0 Å². The zero-order valence-electron chi connectivity index (χ0n) is 14.0. The molecule has 0 unspecified atom stereocenters. The second-order valence-electron chi connectivity index (χ2n) is 5.36. The number of methoxy groups -OCH3 is 1. The minimum atomic E-state index is -3.86. The summed E-state index contributed by atoms with van der Waals surface area (Å²) in [6.07, 6.45) is 0. The van der Waals surface area contributed by atoms with E-state index in [2.05, 4.69) is 5.32 Å². The maximum atomic E-state index is 12.2. The molecule has 0 spiro atoms. The number of sulfonamides is 1. The third-order valence-electron chi connectivity index (χ3n) is 3.36. The molecule has 1 amide bonds. The van der Waals surface area contributed by atoms with Crippen molar-refractivity contribution in [1.29, 1.82) is 0 Å². The normalized spacial score (nSPS) is 11.0. The van der Waals surface area contributed by atoms with Crippen molar-refractivity contribution < 1.29 is 22.7 Å². The molecule has 0 aliphatic carbocycles. The molecule has 0 fully saturated rings. The molecule has 0 aliphatic rings. The van der Waals surface area contributed by atoms with Gasteiger partial charge in [-0.1, -0.05) is 0 Å². The summed E-state index contributed by atoms with van der Waals surface area (Å²) in [6, 6.07) is 11.3. The summed E-state index contributed by atoms with van der Waals surface area (Å²) in [5.41, 5.74) is 0.861. The predicted octanol–water partition coefficient (Wildman–Crippen LogP) is 1.46. The van der Waals surface area contributed by atoms with Crippen molar-refractivity contribution in [1.82, 2.24) is 5.32 Å². The van der Waals surface area contributed by atoms with E-state index in [0.29, 0.717) is 11.3 Å². The average molecular weight is 364 g/mol. The maximum absolute atomic E-state index is 12.2. The number of primary sulfonamides is 1. The van der Waals surface area contributed by atoms with Crippen molar-refractivity contribution in [3.8, 4) is 11.5 Å². The van der Waals surface area contributed by atoms with Gasteiger partial charge in [-0.3, -0.25) is 4.79 Å². The van der Waals surface area contributed by atoms with Crippen LogP contribution in [-0.2, 0) is 10.0 Å². The van der Waals surface area contributed by atoms with Crippen LogP contribution in [0.15, 0.2) is 47.4 Å². The highest BCUT2D eigenvalue weighted by Crippen LogP contribution is 2.17. The van der Waals surface area contributed by atoms with Crippen LogP contribution in [0.5, 0.6) is 11.5 Å². The molecule has 0 heterocycles. The van der Waals surface area contributed by atoms with E-state index in [1.54, 1.807) is 44.4 Å². The molecule has 2 aromatic rings. The van der Waals surface area contributed by atoms with Gasteiger partial charge in [0, 0.05) is 5.56 Å². The number of rotatable bonds is 7. The van der Waals surface area contributed by atoms with Gasteiger partial charge in [-0.05, 0) is 55.0 Å². The molecule has 25 heavy (non-hydrogen) atoms. The quantitative estimate of drug-likeness (QED) is 0.723. The maximum Gasteiger partial charge on any atom is 0.251 e. The Morgan fingerprint density at radius 1 is 1.12 bits per heavy atom. The topological polar surface area (TPSA) is 108 Å². The van der Waals surface area contributed by atoms with E-state index >= 15 is 0 Å². The van der Waals surface area contributed by atoms with Crippen molar-refractivity contribution in [2.24, 2.45) is 5.14 Å². The molecule has 8 heteroatoms. The molecule has 0 saturated carbocycles. The Hall–Kier alpha value is -2.58. The minimum absolute atomic E-state index is 0.0906. The molecule has 0 bridgehead atoms. The molecule has 0 aromatic heterocycles. The lowest BCUT2D eigenvalue weighted by atomic mass is 10.1. The van der Waals surface area contributed by atoms with Crippen LogP contribution in [-0.4, -0.2) is 34.6 Å². The van der Waals surface area contributed by atoms with Crippen LogP contribution in [0.4, 0.5) is 0 Å². The number of carbonyl (C=O) groups is 1. The van der Waals surface area contributed by atoms with Crippen molar-refractivity contribution in [3.63, 3.8) is 0 Å². The number of ether oxygens (including phenoxy) is 2. The highest BCUT2D eigenvalue weighted by Gasteiger charge is 2.13. The van der Waals surface area contributed by atoms with E-state index < -0.39 is 15.9 Å². The summed E-state index contributed by atoms with van der Waals surface area (Å²) in [5.74, 6) is 0.986. The third kappa shape index (κ3) is 5.47. The lowest BCUT2D eigenvalue weighted by molar-refractivity contribution is 0.0946. The Kier molecular flexibility index (Phi) is 6.00. The molecule has 134 valence electrons. The zero-order valence-corrected chi connectivity index (χ0v) is 14.8. The van der Waals surface area contributed by atoms with Crippen LogP contribution in [0.2, 0.25) is 0 Å². The van der Waals surface area contributed by atoms with Crippen LogP contribution in [0, 0.1) is 6.92 Å². The second-order valence-corrected chi connectivity index (χ2v) is 6.92. The summed E-state index contributed by atoms with van der Waals surface area (Å²) < 4.78 is 33.4. The van der Waals surface area contributed by atoms with E-state index in [1.165, 1.54) is 12.1 Å². The van der Waals surface area contributed by atoms with Crippen molar-refractivity contribution in [3.05, 3.63) is 53.6 Å². The standard InChI is InChI=1S/C17H20N2O5S/c1-12-9-13(11-16(10-12)25(18,21)22)17(20)19-7-8-24-15-5-3-14(23-2)4-6-15/h3-6,9-11H,7-8H2,1-2H3,(H,19,20)(H2,18,21,22). The highest BCUT2D eigenvalue weighted by atomic mass is 32.2. The fourth-order valence-corrected chi connectivity index (χ4v) is 2.79. The molecular weight excluding hydrogens is 344 g/mol. The van der Waals surface area contributed by atoms with Gasteiger partial charge in [-0.15, -0.1) is 0 Å². The number of aryl methyl sites for hydroxylation is 1. The van der Waals surface area contributed by atoms with Gasteiger partial charge in [-0.2, -0.15) is 0 Å². The Morgan fingerprint density at radius 3 is 2.36 bits per heavy atom. The second kappa shape index (κ2) is 8.00. The lowest BCUT2D eigenvalue weighted by Crippen LogP contribution is -2.28. The average Bonchev–Trinajstić information content (AvgIpc) is 2.57. The van der Waals surface area contributed by atoms with Crippen molar-refractivity contribution in [2.45, 2.75) is 11.8 Å². The van der Waals surface area contributed by atoms with Crippen LogP contribution >= 0.6 is 0 Å². The number of amides is 1. The third-order valence-corrected chi connectivity index (χ3v) is 4.25. The number of hydrogen-bond donors (Lipinski definition) is 2. The van der Waals surface area contributed by atoms with Gasteiger partial charge in [0.05, 0.1) is 18.6 Å². The highest BCUT2D eigenvalue weighted by molar-refractivity contribution is 7.89. The summed E-state index contributed by atoms with van der Waals surface area (Å²) in [7, 11) is -2.28. The Labute approximate surface area is 146 Å². The first-order valence-corrected chi connectivity index (χ1v) is 9.04. The smallest absolute Gasteiger partial charge is 0.251 e. The van der Waals surface area contributed by atoms with Gasteiger partial charge < -0.3 is 14.8 Å². The Balaban J connectivity index is 1.91. The SMILES string of the molecule is COc1ccc(OCCNC(=O)c2cc(C)cc(S(N)(=O)=O)c2)cc1. The molecule has 7 nitrogen and oxygen atoms in total. The van der Waals surface area contributed by atoms with Crippen molar-refractivity contribution in [2.75, 3.05) is 20.3 Å². The molecular formula is C17H20N2O5S.